The number of ether oxygens (including phenoxy) is 1. The summed E-state index contributed by atoms with van der Waals surface area (Å²) in [4.78, 5) is 4.31. The predicted molar refractivity (Wildman–Crippen MR) is 122 cm³/mol. The molecule has 26 heavy (non-hydrogen) atoms. The highest BCUT2D eigenvalue weighted by Gasteiger charge is 2.34. The van der Waals surface area contributed by atoms with Crippen LogP contribution in [0.4, 0.5) is 0 Å². The molecule has 2 atom stereocenters. The minimum atomic E-state index is -0.00175. The molecule has 2 unspecified atom stereocenters. The SMILES string of the molecule is CN=C(NCC(SC)c1cccc(Cl)c1)NCC1(CCO)CCOC1.I. The van der Waals surface area contributed by atoms with Gasteiger partial charge in [-0.25, -0.2) is 0 Å². The third kappa shape index (κ3) is 7.07. The molecule has 0 bridgehead atoms. The van der Waals surface area contributed by atoms with E-state index in [-0.39, 0.29) is 36.0 Å². The van der Waals surface area contributed by atoms with E-state index in [1.54, 1.807) is 18.8 Å². The summed E-state index contributed by atoms with van der Waals surface area (Å²) in [6.07, 6.45) is 3.80. The maximum absolute atomic E-state index is 9.33. The van der Waals surface area contributed by atoms with Gasteiger partial charge in [-0.15, -0.1) is 24.0 Å². The molecule has 1 aliphatic rings. The van der Waals surface area contributed by atoms with Crippen LogP contribution < -0.4 is 10.6 Å². The first kappa shape index (κ1) is 23.8. The highest BCUT2D eigenvalue weighted by molar-refractivity contribution is 14.0. The Morgan fingerprint density at radius 2 is 2.27 bits per heavy atom. The van der Waals surface area contributed by atoms with Gasteiger partial charge in [0.05, 0.1) is 6.61 Å². The molecule has 0 aliphatic carbocycles. The van der Waals surface area contributed by atoms with Crippen molar-refractivity contribution in [2.24, 2.45) is 10.4 Å². The van der Waals surface area contributed by atoms with Crippen molar-refractivity contribution in [3.8, 4) is 0 Å². The highest BCUT2D eigenvalue weighted by Crippen LogP contribution is 2.31. The maximum Gasteiger partial charge on any atom is 0.191 e. The van der Waals surface area contributed by atoms with Gasteiger partial charge in [0.15, 0.2) is 5.96 Å². The second kappa shape index (κ2) is 12.3. The van der Waals surface area contributed by atoms with Gasteiger partial charge >= 0.3 is 0 Å². The molecular formula is C18H29ClIN3O2S. The Balaban J connectivity index is 0.00000338. The number of halogens is 2. The van der Waals surface area contributed by atoms with Crippen LogP contribution >= 0.6 is 47.3 Å². The number of hydrogen-bond acceptors (Lipinski definition) is 4. The van der Waals surface area contributed by atoms with Gasteiger partial charge < -0.3 is 20.5 Å². The third-order valence-corrected chi connectivity index (χ3v) is 5.88. The summed E-state index contributed by atoms with van der Waals surface area (Å²) >= 11 is 7.88. The molecule has 1 saturated heterocycles. The first-order chi connectivity index (χ1) is 12.1. The third-order valence-electron chi connectivity index (χ3n) is 4.64. The average Bonchev–Trinajstić information content (AvgIpc) is 3.07. The first-order valence-electron chi connectivity index (χ1n) is 8.54. The molecule has 0 amide bonds. The number of hydrogen-bond donors (Lipinski definition) is 3. The van der Waals surface area contributed by atoms with Crippen molar-refractivity contribution in [2.75, 3.05) is 46.2 Å². The van der Waals surface area contributed by atoms with E-state index in [1.807, 2.05) is 18.2 Å². The van der Waals surface area contributed by atoms with Crippen LogP contribution in [0.15, 0.2) is 29.3 Å². The average molecular weight is 514 g/mol. The lowest BCUT2D eigenvalue weighted by atomic mass is 9.84. The molecule has 0 spiro atoms. The smallest absolute Gasteiger partial charge is 0.191 e. The standard InChI is InChI=1S/C18H28ClN3O2S.HI/c1-20-17(22-12-18(6-8-23)7-9-24-13-18)21-11-16(25-2)14-4-3-5-15(19)10-14;/h3-5,10,16,23H,6-9,11-13H2,1-2H3,(H2,20,21,22);1H. The minimum absolute atomic E-state index is 0. The van der Waals surface area contributed by atoms with E-state index in [0.717, 1.165) is 43.5 Å². The Labute approximate surface area is 182 Å². The fourth-order valence-electron chi connectivity index (χ4n) is 3.04. The van der Waals surface area contributed by atoms with Gasteiger partial charge in [0.1, 0.15) is 0 Å². The number of thioether (sulfide) groups is 1. The molecule has 3 N–H and O–H groups in total. The van der Waals surface area contributed by atoms with E-state index >= 15 is 0 Å². The van der Waals surface area contributed by atoms with Crippen LogP contribution in [-0.2, 0) is 4.74 Å². The first-order valence-corrected chi connectivity index (χ1v) is 10.2. The van der Waals surface area contributed by atoms with Gasteiger partial charge in [0, 0.05) is 49.0 Å². The highest BCUT2D eigenvalue weighted by atomic mass is 127. The number of nitrogens with one attached hydrogen (secondary N) is 2. The zero-order chi connectivity index (χ0) is 18.1. The van der Waals surface area contributed by atoms with Crippen molar-refractivity contribution in [3.05, 3.63) is 34.9 Å². The Hall–Kier alpha value is -0.220. The molecule has 0 aromatic heterocycles. The van der Waals surface area contributed by atoms with Gasteiger partial charge in [0.25, 0.3) is 0 Å². The van der Waals surface area contributed by atoms with E-state index in [4.69, 9.17) is 16.3 Å². The quantitative estimate of drug-likeness (QED) is 0.283. The molecule has 0 saturated carbocycles. The lowest BCUT2D eigenvalue weighted by Crippen LogP contribution is -2.45. The number of rotatable bonds is 8. The van der Waals surface area contributed by atoms with Crippen molar-refractivity contribution >= 4 is 53.3 Å². The van der Waals surface area contributed by atoms with Crippen LogP contribution in [0.5, 0.6) is 0 Å². The zero-order valence-corrected chi connectivity index (χ0v) is 19.2. The van der Waals surface area contributed by atoms with Gasteiger partial charge in [-0.3, -0.25) is 4.99 Å². The number of aliphatic hydroxyl groups excluding tert-OH is 1. The molecule has 8 heteroatoms. The van der Waals surface area contributed by atoms with Crippen LogP contribution in [0.2, 0.25) is 5.02 Å². The molecule has 148 valence electrons. The van der Waals surface area contributed by atoms with Gasteiger partial charge in [-0.2, -0.15) is 11.8 Å². The Kier molecular flexibility index (Phi) is 11.2. The van der Waals surface area contributed by atoms with Crippen molar-refractivity contribution in [1.29, 1.82) is 0 Å². The fraction of sp³-hybridized carbons (Fsp3) is 0.611. The Morgan fingerprint density at radius 1 is 1.46 bits per heavy atom. The number of aliphatic hydroxyl groups is 1. The summed E-state index contributed by atoms with van der Waals surface area (Å²) in [5.74, 6) is 0.769. The molecule has 5 nitrogen and oxygen atoms in total. The van der Waals surface area contributed by atoms with Crippen molar-refractivity contribution in [1.82, 2.24) is 10.6 Å². The van der Waals surface area contributed by atoms with Crippen LogP contribution in [0.25, 0.3) is 0 Å². The topological polar surface area (TPSA) is 65.9 Å². The molecule has 1 aromatic carbocycles. The largest absolute Gasteiger partial charge is 0.396 e. The molecule has 1 aliphatic heterocycles. The summed E-state index contributed by atoms with van der Waals surface area (Å²) in [6, 6.07) is 7.97. The summed E-state index contributed by atoms with van der Waals surface area (Å²) in [5.41, 5.74) is 1.20. The Morgan fingerprint density at radius 3 is 2.85 bits per heavy atom. The molecule has 2 rings (SSSR count). The Bertz CT molecular complexity index is 571. The van der Waals surface area contributed by atoms with Crippen molar-refractivity contribution < 1.29 is 9.84 Å². The molecule has 1 heterocycles. The maximum atomic E-state index is 9.33. The predicted octanol–water partition coefficient (Wildman–Crippen LogP) is 3.32. The normalized spacial score (nSPS) is 21.2. The summed E-state index contributed by atoms with van der Waals surface area (Å²) < 4.78 is 5.54. The monoisotopic (exact) mass is 513 g/mol. The lowest BCUT2D eigenvalue weighted by molar-refractivity contribution is 0.127. The summed E-state index contributed by atoms with van der Waals surface area (Å²) in [7, 11) is 1.77. The minimum Gasteiger partial charge on any atom is -0.396 e. The molecular weight excluding hydrogens is 485 g/mol. The van der Waals surface area contributed by atoms with Crippen molar-refractivity contribution in [2.45, 2.75) is 18.1 Å². The summed E-state index contributed by atoms with van der Waals surface area (Å²) in [5, 5.41) is 17.2. The van der Waals surface area contributed by atoms with Crippen molar-refractivity contribution in [3.63, 3.8) is 0 Å². The second-order valence-corrected chi connectivity index (χ2v) is 7.84. The fourth-order valence-corrected chi connectivity index (χ4v) is 3.90. The van der Waals surface area contributed by atoms with E-state index in [2.05, 4.69) is 27.9 Å². The van der Waals surface area contributed by atoms with E-state index < -0.39 is 0 Å². The van der Waals surface area contributed by atoms with Crippen LogP contribution in [-0.4, -0.2) is 57.3 Å². The van der Waals surface area contributed by atoms with Crippen LogP contribution in [0.3, 0.4) is 0 Å². The molecule has 0 radical (unpaired) electrons. The van der Waals surface area contributed by atoms with Gasteiger partial charge in [-0.05, 0) is 36.8 Å². The van der Waals surface area contributed by atoms with Gasteiger partial charge in [0.2, 0.25) is 0 Å². The zero-order valence-electron chi connectivity index (χ0n) is 15.3. The van der Waals surface area contributed by atoms with E-state index in [9.17, 15) is 5.11 Å². The van der Waals surface area contributed by atoms with Crippen LogP contribution in [0, 0.1) is 5.41 Å². The number of benzene rings is 1. The summed E-state index contributed by atoms with van der Waals surface area (Å²) in [6.45, 7) is 3.13. The lowest BCUT2D eigenvalue weighted by Gasteiger charge is -2.28. The molecule has 1 aromatic rings. The second-order valence-electron chi connectivity index (χ2n) is 6.36. The number of guanidine groups is 1. The molecule has 1 fully saturated rings. The number of aliphatic imine (C=N–C) groups is 1. The number of nitrogens with zero attached hydrogens (tertiary/aromatic N) is 1. The van der Waals surface area contributed by atoms with E-state index in [0.29, 0.717) is 11.9 Å². The van der Waals surface area contributed by atoms with E-state index in [1.165, 1.54) is 5.56 Å². The van der Waals surface area contributed by atoms with Gasteiger partial charge in [-0.1, -0.05) is 23.7 Å². The van der Waals surface area contributed by atoms with Crippen LogP contribution in [0.1, 0.15) is 23.7 Å².